The minimum Gasteiger partial charge on any atom is -0.399 e. The lowest BCUT2D eigenvalue weighted by atomic mass is 9.78. The molecule has 1 fully saturated rings. The lowest BCUT2D eigenvalue weighted by molar-refractivity contribution is 0.00578. The van der Waals surface area contributed by atoms with E-state index in [1.54, 1.807) is 12.1 Å². The largest absolute Gasteiger partial charge is 0.497 e. The zero-order chi connectivity index (χ0) is 16.5. The predicted molar refractivity (Wildman–Crippen MR) is 83.7 cm³/mol. The Morgan fingerprint density at radius 2 is 1.82 bits per heavy atom. The normalized spacial score (nSPS) is 21.0. The summed E-state index contributed by atoms with van der Waals surface area (Å²) in [5, 5.41) is 21.1. The molecule has 22 heavy (non-hydrogen) atoms. The van der Waals surface area contributed by atoms with Gasteiger partial charge in [-0.15, -0.1) is 0 Å². The molecule has 1 unspecified atom stereocenters. The summed E-state index contributed by atoms with van der Waals surface area (Å²) in [6, 6.07) is 4.49. The molecule has 0 aromatic heterocycles. The van der Waals surface area contributed by atoms with Crippen LogP contribution < -0.4 is 10.8 Å². The summed E-state index contributed by atoms with van der Waals surface area (Å²) < 4.78 is 25.8. The van der Waals surface area contributed by atoms with E-state index in [4.69, 9.17) is 14.4 Å². The number of rotatable bonds is 5. The summed E-state index contributed by atoms with van der Waals surface area (Å²) in [4.78, 5) is 0. The van der Waals surface area contributed by atoms with Gasteiger partial charge in [-0.3, -0.25) is 0 Å². The molecule has 122 valence electrons. The number of aliphatic hydroxyl groups excluding tert-OH is 2. The molecule has 1 aliphatic heterocycles. The first-order chi connectivity index (χ1) is 10.2. The molecule has 0 radical (unpaired) electrons. The van der Waals surface area contributed by atoms with Gasteiger partial charge in [0.1, 0.15) is 5.82 Å². The molecule has 0 saturated carbocycles. The molecule has 0 aliphatic carbocycles. The van der Waals surface area contributed by atoms with Gasteiger partial charge in [-0.1, -0.05) is 0 Å². The van der Waals surface area contributed by atoms with Crippen LogP contribution in [0.3, 0.4) is 0 Å². The summed E-state index contributed by atoms with van der Waals surface area (Å²) in [6.45, 7) is 7.47. The molecule has 7 heteroatoms. The Hall–Kier alpha value is -1.15. The number of nitrogens with one attached hydrogen (secondary N) is 1. The molecule has 1 aliphatic rings. The lowest BCUT2D eigenvalue weighted by Gasteiger charge is -2.32. The van der Waals surface area contributed by atoms with Crippen LogP contribution in [-0.2, 0) is 9.31 Å². The van der Waals surface area contributed by atoms with Crippen molar-refractivity contribution in [2.45, 2.75) is 45.0 Å². The van der Waals surface area contributed by atoms with Crippen molar-refractivity contribution in [3.05, 3.63) is 24.0 Å². The Labute approximate surface area is 130 Å². The third-order valence-electron chi connectivity index (χ3n) is 4.26. The van der Waals surface area contributed by atoms with E-state index in [9.17, 15) is 9.50 Å². The molecule has 0 spiro atoms. The van der Waals surface area contributed by atoms with E-state index in [1.807, 2.05) is 27.7 Å². The number of hydrogen-bond donors (Lipinski definition) is 3. The Morgan fingerprint density at radius 3 is 2.36 bits per heavy atom. The molecule has 0 amide bonds. The second-order valence-electron chi connectivity index (χ2n) is 6.54. The zero-order valence-corrected chi connectivity index (χ0v) is 13.4. The molecule has 2 rings (SSSR count). The Morgan fingerprint density at radius 1 is 1.23 bits per heavy atom. The maximum atomic E-state index is 14.1. The SMILES string of the molecule is CC1(C)OB(c2cc(NCC(O)CO)ccc2F)OC1(C)C. The van der Waals surface area contributed by atoms with Crippen LogP contribution in [0, 0.1) is 5.82 Å². The fraction of sp³-hybridized carbons (Fsp3) is 0.600. The molecule has 1 aromatic rings. The van der Waals surface area contributed by atoms with E-state index in [0.717, 1.165) is 0 Å². The maximum Gasteiger partial charge on any atom is 0.497 e. The predicted octanol–water partition coefficient (Wildman–Crippen LogP) is 0.890. The van der Waals surface area contributed by atoms with Crippen LogP contribution in [0.2, 0.25) is 0 Å². The molecule has 3 N–H and O–H groups in total. The van der Waals surface area contributed by atoms with Crippen molar-refractivity contribution in [3.8, 4) is 0 Å². The van der Waals surface area contributed by atoms with Crippen LogP contribution in [0.25, 0.3) is 0 Å². The Bertz CT molecular complexity index is 522. The summed E-state index contributed by atoms with van der Waals surface area (Å²) in [6.07, 6.45) is -0.870. The maximum absolute atomic E-state index is 14.1. The van der Waals surface area contributed by atoms with Crippen LogP contribution in [0.5, 0.6) is 0 Å². The van der Waals surface area contributed by atoms with Gasteiger partial charge < -0.3 is 24.8 Å². The molecule has 1 atom stereocenters. The molecular formula is C15H23BFNO4. The van der Waals surface area contributed by atoms with E-state index in [2.05, 4.69) is 5.32 Å². The molecule has 1 aromatic carbocycles. The number of hydrogen-bond acceptors (Lipinski definition) is 5. The van der Waals surface area contributed by atoms with Gasteiger partial charge in [0.2, 0.25) is 0 Å². The third-order valence-corrected chi connectivity index (χ3v) is 4.26. The van der Waals surface area contributed by atoms with Gasteiger partial charge in [-0.25, -0.2) is 4.39 Å². The highest BCUT2D eigenvalue weighted by molar-refractivity contribution is 6.62. The zero-order valence-electron chi connectivity index (χ0n) is 13.4. The molecule has 0 bridgehead atoms. The van der Waals surface area contributed by atoms with E-state index in [0.29, 0.717) is 11.2 Å². The van der Waals surface area contributed by atoms with Gasteiger partial charge in [0, 0.05) is 17.7 Å². The average molecular weight is 311 g/mol. The first-order valence-electron chi connectivity index (χ1n) is 7.34. The monoisotopic (exact) mass is 311 g/mol. The van der Waals surface area contributed by atoms with E-state index >= 15 is 0 Å². The second kappa shape index (κ2) is 6.16. The quantitative estimate of drug-likeness (QED) is 0.705. The number of anilines is 1. The van der Waals surface area contributed by atoms with Crippen molar-refractivity contribution in [2.24, 2.45) is 0 Å². The standard InChI is InChI=1S/C15H23BFNO4/c1-14(2)15(3,4)22-16(21-14)12-7-10(5-6-13(12)17)18-8-11(20)9-19/h5-7,11,18-20H,8-9H2,1-4H3. The van der Waals surface area contributed by atoms with Gasteiger partial charge in [0.25, 0.3) is 0 Å². The van der Waals surface area contributed by atoms with E-state index in [1.165, 1.54) is 6.07 Å². The highest BCUT2D eigenvalue weighted by atomic mass is 19.1. The Kier molecular flexibility index (Phi) is 4.82. The van der Waals surface area contributed by atoms with Crippen molar-refractivity contribution < 1.29 is 23.9 Å². The topological polar surface area (TPSA) is 71.0 Å². The molecule has 1 saturated heterocycles. The van der Waals surface area contributed by atoms with E-state index in [-0.39, 0.29) is 13.2 Å². The van der Waals surface area contributed by atoms with Gasteiger partial charge >= 0.3 is 7.12 Å². The fourth-order valence-corrected chi connectivity index (χ4v) is 2.10. The van der Waals surface area contributed by atoms with Crippen molar-refractivity contribution in [3.63, 3.8) is 0 Å². The van der Waals surface area contributed by atoms with Crippen LogP contribution in [-0.4, -0.2) is 47.8 Å². The average Bonchev–Trinajstić information content (AvgIpc) is 2.66. The summed E-state index contributed by atoms with van der Waals surface area (Å²) in [7, 11) is -0.783. The van der Waals surface area contributed by atoms with Gasteiger partial charge in [-0.05, 0) is 45.9 Å². The first-order valence-corrected chi connectivity index (χ1v) is 7.34. The van der Waals surface area contributed by atoms with E-state index < -0.39 is 30.2 Å². The van der Waals surface area contributed by atoms with Gasteiger partial charge in [-0.2, -0.15) is 0 Å². The van der Waals surface area contributed by atoms with Crippen molar-refractivity contribution in [2.75, 3.05) is 18.5 Å². The van der Waals surface area contributed by atoms with Crippen LogP contribution in [0.15, 0.2) is 18.2 Å². The smallest absolute Gasteiger partial charge is 0.399 e. The minimum atomic E-state index is -0.870. The molecule has 1 heterocycles. The highest BCUT2D eigenvalue weighted by Gasteiger charge is 2.52. The third kappa shape index (κ3) is 3.43. The van der Waals surface area contributed by atoms with Crippen LogP contribution >= 0.6 is 0 Å². The van der Waals surface area contributed by atoms with Crippen molar-refractivity contribution >= 4 is 18.3 Å². The second-order valence-corrected chi connectivity index (χ2v) is 6.54. The molecule has 5 nitrogen and oxygen atoms in total. The van der Waals surface area contributed by atoms with Crippen molar-refractivity contribution in [1.29, 1.82) is 0 Å². The van der Waals surface area contributed by atoms with Gasteiger partial charge in [0.05, 0.1) is 23.9 Å². The summed E-state index contributed by atoms with van der Waals surface area (Å²) >= 11 is 0. The van der Waals surface area contributed by atoms with Crippen LogP contribution in [0.4, 0.5) is 10.1 Å². The number of halogens is 1. The fourth-order valence-electron chi connectivity index (χ4n) is 2.10. The summed E-state index contributed by atoms with van der Waals surface area (Å²) in [5.41, 5.74) is -0.151. The molecular weight excluding hydrogens is 288 g/mol. The first kappa shape index (κ1) is 17.2. The highest BCUT2D eigenvalue weighted by Crippen LogP contribution is 2.36. The van der Waals surface area contributed by atoms with Crippen molar-refractivity contribution in [1.82, 2.24) is 0 Å². The minimum absolute atomic E-state index is 0.172. The lowest BCUT2D eigenvalue weighted by Crippen LogP contribution is -2.41. The van der Waals surface area contributed by atoms with Gasteiger partial charge in [0.15, 0.2) is 0 Å². The summed E-state index contributed by atoms with van der Waals surface area (Å²) in [5.74, 6) is -0.410. The number of aliphatic hydroxyl groups is 2. The number of benzene rings is 1. The Balaban J connectivity index is 2.18. The van der Waals surface area contributed by atoms with Crippen LogP contribution in [0.1, 0.15) is 27.7 Å².